The van der Waals surface area contributed by atoms with E-state index in [2.05, 4.69) is 35.6 Å². The molecule has 4 nitrogen and oxygen atoms in total. The summed E-state index contributed by atoms with van der Waals surface area (Å²) in [5.41, 5.74) is 0.909. The van der Waals surface area contributed by atoms with Gasteiger partial charge in [0.25, 0.3) is 0 Å². The molecule has 1 aromatic rings. The summed E-state index contributed by atoms with van der Waals surface area (Å²) in [5, 5.41) is 0. The van der Waals surface area contributed by atoms with Gasteiger partial charge in [0, 0.05) is 30.2 Å². The van der Waals surface area contributed by atoms with Gasteiger partial charge in [0.05, 0.1) is 6.61 Å². The highest BCUT2D eigenvalue weighted by atomic mass is 35.5. The zero-order valence-corrected chi connectivity index (χ0v) is 12.4. The predicted octanol–water partition coefficient (Wildman–Crippen LogP) is 3.03. The van der Waals surface area contributed by atoms with Gasteiger partial charge in [-0.2, -0.15) is 4.98 Å². The molecule has 0 aliphatic rings. The number of ether oxygens (including phenoxy) is 1. The van der Waals surface area contributed by atoms with E-state index in [1.165, 1.54) is 0 Å². The highest BCUT2D eigenvalue weighted by molar-refractivity contribution is 6.18. The van der Waals surface area contributed by atoms with Crippen molar-refractivity contribution in [2.75, 3.05) is 23.9 Å². The van der Waals surface area contributed by atoms with Gasteiger partial charge in [-0.05, 0) is 27.2 Å². The predicted molar refractivity (Wildman–Crippen MR) is 75.8 cm³/mol. The molecule has 5 heteroatoms. The van der Waals surface area contributed by atoms with Crippen LogP contribution in [0.25, 0.3) is 0 Å². The van der Waals surface area contributed by atoms with E-state index in [1.54, 1.807) is 0 Å². The van der Waals surface area contributed by atoms with Crippen molar-refractivity contribution in [3.8, 4) is 5.88 Å². The number of aromatic nitrogens is 2. The smallest absolute Gasteiger partial charge is 0.229 e. The quantitative estimate of drug-likeness (QED) is 0.715. The molecule has 18 heavy (non-hydrogen) atoms. The minimum absolute atomic E-state index is 0.310. The lowest BCUT2D eigenvalue weighted by Gasteiger charge is -2.26. The molecule has 0 aliphatic heterocycles. The zero-order chi connectivity index (χ0) is 13.5. The molecule has 0 amide bonds. The Labute approximate surface area is 114 Å². The zero-order valence-electron chi connectivity index (χ0n) is 11.6. The third-order valence-corrected chi connectivity index (χ3v) is 2.65. The van der Waals surface area contributed by atoms with Gasteiger partial charge in [0.15, 0.2) is 0 Å². The van der Waals surface area contributed by atoms with Gasteiger partial charge in [-0.1, -0.05) is 6.92 Å². The van der Waals surface area contributed by atoms with Gasteiger partial charge in [-0.3, -0.25) is 0 Å². The van der Waals surface area contributed by atoms with Crippen LogP contribution in [0.5, 0.6) is 5.88 Å². The summed E-state index contributed by atoms with van der Waals surface area (Å²) >= 11 is 5.82. The SMILES string of the molecule is CCCOc1cc(C)nc(N(CCCl)C(C)C)n1. The van der Waals surface area contributed by atoms with Crippen LogP contribution in [-0.4, -0.2) is 35.0 Å². The molecule has 0 atom stereocenters. The molecular weight excluding hydrogens is 250 g/mol. The monoisotopic (exact) mass is 271 g/mol. The van der Waals surface area contributed by atoms with Crippen molar-refractivity contribution in [3.63, 3.8) is 0 Å². The summed E-state index contributed by atoms with van der Waals surface area (Å²) < 4.78 is 5.57. The second-order valence-electron chi connectivity index (χ2n) is 4.47. The van der Waals surface area contributed by atoms with E-state index in [0.29, 0.717) is 30.4 Å². The fourth-order valence-corrected chi connectivity index (χ4v) is 1.80. The lowest BCUT2D eigenvalue weighted by molar-refractivity contribution is 0.304. The molecule has 0 N–H and O–H groups in total. The molecule has 1 aromatic heterocycles. The lowest BCUT2D eigenvalue weighted by Crippen LogP contribution is -2.34. The van der Waals surface area contributed by atoms with Crippen LogP contribution in [0.4, 0.5) is 5.95 Å². The molecule has 102 valence electrons. The number of nitrogens with zero attached hydrogens (tertiary/aromatic N) is 3. The molecule has 0 spiro atoms. The van der Waals surface area contributed by atoms with Gasteiger partial charge in [-0.15, -0.1) is 11.6 Å². The molecule has 0 saturated carbocycles. The fourth-order valence-electron chi connectivity index (χ4n) is 1.61. The summed E-state index contributed by atoms with van der Waals surface area (Å²) in [7, 11) is 0. The van der Waals surface area contributed by atoms with Crippen LogP contribution in [0.15, 0.2) is 6.07 Å². The van der Waals surface area contributed by atoms with E-state index >= 15 is 0 Å². The van der Waals surface area contributed by atoms with Crippen molar-refractivity contribution in [3.05, 3.63) is 11.8 Å². The third kappa shape index (κ3) is 4.33. The summed E-state index contributed by atoms with van der Waals surface area (Å²) in [6, 6.07) is 2.17. The first-order valence-corrected chi connectivity index (χ1v) is 6.93. The maximum Gasteiger partial charge on any atom is 0.229 e. The Kier molecular flexibility index (Phi) is 6.19. The molecule has 0 saturated heterocycles. The van der Waals surface area contributed by atoms with Crippen LogP contribution in [0, 0.1) is 6.92 Å². The number of aryl methyl sites for hydroxylation is 1. The summed E-state index contributed by atoms with van der Waals surface area (Å²) in [6.45, 7) is 9.63. The lowest BCUT2D eigenvalue weighted by atomic mass is 10.3. The van der Waals surface area contributed by atoms with E-state index in [4.69, 9.17) is 16.3 Å². The van der Waals surface area contributed by atoms with Crippen molar-refractivity contribution in [1.82, 2.24) is 9.97 Å². The van der Waals surface area contributed by atoms with Crippen LogP contribution in [0.3, 0.4) is 0 Å². The standard InChI is InChI=1S/C13H22ClN3O/c1-5-8-18-12-9-11(4)15-13(16-12)17(7-6-14)10(2)3/h9-10H,5-8H2,1-4H3. The second-order valence-corrected chi connectivity index (χ2v) is 4.85. The van der Waals surface area contributed by atoms with E-state index in [-0.39, 0.29) is 0 Å². The Morgan fingerprint density at radius 1 is 1.39 bits per heavy atom. The van der Waals surface area contributed by atoms with Gasteiger partial charge in [-0.25, -0.2) is 4.98 Å². The molecule has 0 bridgehead atoms. The van der Waals surface area contributed by atoms with E-state index in [1.807, 2.05) is 13.0 Å². The summed E-state index contributed by atoms with van der Waals surface area (Å²) in [4.78, 5) is 11.0. The van der Waals surface area contributed by atoms with Crippen molar-refractivity contribution in [2.24, 2.45) is 0 Å². The number of hydrogen-bond donors (Lipinski definition) is 0. The third-order valence-electron chi connectivity index (χ3n) is 2.48. The van der Waals surface area contributed by atoms with Gasteiger partial charge >= 0.3 is 0 Å². The molecule has 1 rings (SSSR count). The highest BCUT2D eigenvalue weighted by Crippen LogP contribution is 2.17. The number of anilines is 1. The fraction of sp³-hybridized carbons (Fsp3) is 0.692. The van der Waals surface area contributed by atoms with Crippen LogP contribution >= 0.6 is 11.6 Å². The highest BCUT2D eigenvalue weighted by Gasteiger charge is 2.14. The molecule has 0 unspecified atom stereocenters. The Morgan fingerprint density at radius 3 is 2.67 bits per heavy atom. The van der Waals surface area contributed by atoms with Gasteiger partial charge in [0.1, 0.15) is 0 Å². The van der Waals surface area contributed by atoms with Crippen molar-refractivity contribution < 1.29 is 4.74 Å². The summed E-state index contributed by atoms with van der Waals surface area (Å²) in [6.07, 6.45) is 0.966. The average Bonchev–Trinajstić information content (AvgIpc) is 2.32. The van der Waals surface area contributed by atoms with Crippen molar-refractivity contribution in [1.29, 1.82) is 0 Å². The number of rotatable bonds is 7. The molecule has 0 aromatic carbocycles. The average molecular weight is 272 g/mol. The second kappa shape index (κ2) is 7.41. The van der Waals surface area contributed by atoms with E-state index in [0.717, 1.165) is 18.7 Å². The molecular formula is C13H22ClN3O. The Morgan fingerprint density at radius 2 is 2.11 bits per heavy atom. The molecule has 0 radical (unpaired) electrons. The topological polar surface area (TPSA) is 38.2 Å². The minimum Gasteiger partial charge on any atom is -0.478 e. The van der Waals surface area contributed by atoms with E-state index < -0.39 is 0 Å². The summed E-state index contributed by atoms with van der Waals surface area (Å²) in [5.74, 6) is 1.89. The number of alkyl halides is 1. The number of hydrogen-bond acceptors (Lipinski definition) is 4. The van der Waals surface area contributed by atoms with Gasteiger partial charge < -0.3 is 9.64 Å². The van der Waals surface area contributed by atoms with Crippen molar-refractivity contribution >= 4 is 17.5 Å². The maximum absolute atomic E-state index is 5.82. The normalized spacial score (nSPS) is 10.8. The number of halogens is 1. The first-order valence-electron chi connectivity index (χ1n) is 6.39. The first kappa shape index (κ1) is 15.0. The minimum atomic E-state index is 0.310. The van der Waals surface area contributed by atoms with Crippen LogP contribution in [0.1, 0.15) is 32.9 Å². The Hall–Kier alpha value is -1.03. The van der Waals surface area contributed by atoms with E-state index in [9.17, 15) is 0 Å². The molecule has 0 aliphatic carbocycles. The maximum atomic E-state index is 5.82. The Bertz CT molecular complexity index is 371. The Balaban J connectivity index is 2.95. The van der Waals surface area contributed by atoms with Crippen LogP contribution in [0.2, 0.25) is 0 Å². The largest absolute Gasteiger partial charge is 0.478 e. The molecule has 1 heterocycles. The van der Waals surface area contributed by atoms with Crippen LogP contribution in [-0.2, 0) is 0 Å². The van der Waals surface area contributed by atoms with Crippen molar-refractivity contribution in [2.45, 2.75) is 40.2 Å². The first-order chi connectivity index (χ1) is 8.58. The molecule has 0 fully saturated rings. The van der Waals surface area contributed by atoms with Crippen LogP contribution < -0.4 is 9.64 Å². The van der Waals surface area contributed by atoms with Gasteiger partial charge in [0.2, 0.25) is 11.8 Å².